The molecular weight excluding hydrogens is 320 g/mol. The number of aryl methyl sites for hydroxylation is 1. The number of nitrogens with zero attached hydrogens (tertiary/aromatic N) is 4. The molecule has 2 heterocycles. The Balaban J connectivity index is 1.51. The van der Waals surface area contributed by atoms with E-state index < -0.39 is 0 Å². The zero-order valence-corrected chi connectivity index (χ0v) is 14.5. The molecule has 132 valence electrons. The average Bonchev–Trinajstić information content (AvgIpc) is 3.21. The van der Waals surface area contributed by atoms with Crippen molar-refractivity contribution in [1.29, 1.82) is 0 Å². The Kier molecular flexibility index (Phi) is 5.02. The first-order chi connectivity index (χ1) is 12.0. The maximum absolute atomic E-state index is 12.2. The van der Waals surface area contributed by atoms with Gasteiger partial charge in [-0.25, -0.2) is 4.98 Å². The highest BCUT2D eigenvalue weighted by atomic mass is 16.5. The number of aromatic nitrogens is 2. The fourth-order valence-electron chi connectivity index (χ4n) is 2.75. The summed E-state index contributed by atoms with van der Waals surface area (Å²) in [6.07, 6.45) is 5.05. The minimum absolute atomic E-state index is 0.0388. The predicted octanol–water partition coefficient (Wildman–Crippen LogP) is 1.58. The van der Waals surface area contributed by atoms with Crippen LogP contribution in [0.25, 0.3) is 0 Å². The second-order valence-electron chi connectivity index (χ2n) is 6.14. The number of amides is 2. The van der Waals surface area contributed by atoms with E-state index in [0.717, 1.165) is 24.5 Å². The van der Waals surface area contributed by atoms with E-state index in [2.05, 4.69) is 4.98 Å². The van der Waals surface area contributed by atoms with Crippen LogP contribution in [0.3, 0.4) is 0 Å². The summed E-state index contributed by atoms with van der Waals surface area (Å²) in [5.41, 5.74) is 0.869. The van der Waals surface area contributed by atoms with E-state index in [1.54, 1.807) is 35.2 Å². The molecule has 1 saturated heterocycles. The van der Waals surface area contributed by atoms with Crippen molar-refractivity contribution in [3.8, 4) is 5.75 Å². The normalized spacial score (nSPS) is 14.0. The molecule has 2 amide bonds. The number of imidazole rings is 1. The molecule has 0 unspecified atom stereocenters. The molecule has 1 aliphatic heterocycles. The Morgan fingerprint density at radius 1 is 1.32 bits per heavy atom. The van der Waals surface area contributed by atoms with Gasteiger partial charge < -0.3 is 19.1 Å². The Labute approximate surface area is 146 Å². The van der Waals surface area contributed by atoms with Crippen LogP contribution in [-0.4, -0.2) is 46.5 Å². The summed E-state index contributed by atoms with van der Waals surface area (Å²) in [7, 11) is 3.62. The Hall–Kier alpha value is -2.83. The van der Waals surface area contributed by atoms with E-state index in [1.807, 2.05) is 29.9 Å². The van der Waals surface area contributed by atoms with Crippen LogP contribution in [0.2, 0.25) is 0 Å². The summed E-state index contributed by atoms with van der Waals surface area (Å²) in [4.78, 5) is 31.5. The number of anilines is 1. The molecule has 7 nitrogen and oxygen atoms in total. The molecule has 0 saturated carbocycles. The van der Waals surface area contributed by atoms with Gasteiger partial charge in [0.15, 0.2) is 6.61 Å². The molecule has 1 aromatic carbocycles. The highest BCUT2D eigenvalue weighted by Crippen LogP contribution is 2.23. The third-order valence-corrected chi connectivity index (χ3v) is 4.31. The molecule has 0 radical (unpaired) electrons. The van der Waals surface area contributed by atoms with Crippen molar-refractivity contribution in [2.24, 2.45) is 7.05 Å². The van der Waals surface area contributed by atoms with Crippen LogP contribution < -0.4 is 9.64 Å². The molecule has 0 aliphatic carbocycles. The Morgan fingerprint density at radius 2 is 2.08 bits per heavy atom. The van der Waals surface area contributed by atoms with Crippen molar-refractivity contribution in [2.45, 2.75) is 19.4 Å². The van der Waals surface area contributed by atoms with Crippen LogP contribution in [0.1, 0.15) is 18.7 Å². The third kappa shape index (κ3) is 3.99. The molecule has 1 aliphatic rings. The van der Waals surface area contributed by atoms with E-state index in [1.165, 1.54) is 0 Å². The smallest absolute Gasteiger partial charge is 0.260 e. The number of ether oxygens (including phenoxy) is 1. The van der Waals surface area contributed by atoms with Crippen molar-refractivity contribution in [1.82, 2.24) is 14.5 Å². The molecule has 2 aromatic rings. The van der Waals surface area contributed by atoms with Crippen molar-refractivity contribution in [3.63, 3.8) is 0 Å². The van der Waals surface area contributed by atoms with Crippen LogP contribution in [0.4, 0.5) is 5.69 Å². The van der Waals surface area contributed by atoms with Gasteiger partial charge >= 0.3 is 0 Å². The van der Waals surface area contributed by atoms with Gasteiger partial charge in [0.2, 0.25) is 5.91 Å². The van der Waals surface area contributed by atoms with Gasteiger partial charge in [-0.3, -0.25) is 9.59 Å². The zero-order chi connectivity index (χ0) is 17.8. The molecule has 3 rings (SSSR count). The van der Waals surface area contributed by atoms with Crippen LogP contribution in [0, 0.1) is 0 Å². The van der Waals surface area contributed by atoms with Gasteiger partial charge in [-0.1, -0.05) is 0 Å². The van der Waals surface area contributed by atoms with Gasteiger partial charge in [0.05, 0.1) is 6.54 Å². The van der Waals surface area contributed by atoms with Crippen LogP contribution in [0.15, 0.2) is 36.7 Å². The lowest BCUT2D eigenvalue weighted by Gasteiger charge is -2.18. The van der Waals surface area contributed by atoms with Gasteiger partial charge in [-0.2, -0.15) is 0 Å². The van der Waals surface area contributed by atoms with E-state index in [0.29, 0.717) is 18.7 Å². The standard InChI is InChI=1S/C18H22N4O3/c1-20-11-9-19-16(20)12-21(2)18(24)13-25-15-7-5-14(6-8-15)22-10-3-4-17(22)23/h5-9,11H,3-4,10,12-13H2,1-2H3. The molecule has 1 aromatic heterocycles. The molecular formula is C18H22N4O3. The topological polar surface area (TPSA) is 67.7 Å². The van der Waals surface area contributed by atoms with E-state index in [-0.39, 0.29) is 18.4 Å². The quantitative estimate of drug-likeness (QED) is 0.799. The minimum atomic E-state index is -0.123. The van der Waals surface area contributed by atoms with Crippen molar-refractivity contribution in [2.75, 3.05) is 25.1 Å². The lowest BCUT2D eigenvalue weighted by atomic mass is 10.3. The number of carbonyl (C=O) groups is 2. The summed E-state index contributed by atoms with van der Waals surface area (Å²) in [5.74, 6) is 1.45. The van der Waals surface area contributed by atoms with Crippen LogP contribution in [0.5, 0.6) is 5.75 Å². The predicted molar refractivity (Wildman–Crippen MR) is 93.2 cm³/mol. The maximum atomic E-state index is 12.2. The van der Waals surface area contributed by atoms with Crippen LogP contribution in [-0.2, 0) is 23.2 Å². The monoisotopic (exact) mass is 342 g/mol. The molecule has 7 heteroatoms. The summed E-state index contributed by atoms with van der Waals surface area (Å²) >= 11 is 0. The fourth-order valence-corrected chi connectivity index (χ4v) is 2.75. The summed E-state index contributed by atoms with van der Waals surface area (Å²) < 4.78 is 7.44. The first-order valence-corrected chi connectivity index (χ1v) is 8.28. The summed E-state index contributed by atoms with van der Waals surface area (Å²) in [6, 6.07) is 7.27. The van der Waals surface area contributed by atoms with Crippen LogP contribution >= 0.6 is 0 Å². The molecule has 0 spiro atoms. The Bertz CT molecular complexity index is 754. The lowest BCUT2D eigenvalue weighted by Crippen LogP contribution is -2.31. The molecule has 0 N–H and O–H groups in total. The zero-order valence-electron chi connectivity index (χ0n) is 14.5. The minimum Gasteiger partial charge on any atom is -0.484 e. The van der Waals surface area contributed by atoms with Gasteiger partial charge in [0.25, 0.3) is 5.91 Å². The molecule has 1 fully saturated rings. The second kappa shape index (κ2) is 7.38. The molecule has 0 atom stereocenters. The highest BCUT2D eigenvalue weighted by molar-refractivity contribution is 5.95. The van der Waals surface area contributed by atoms with Gasteiger partial charge in [0.1, 0.15) is 11.6 Å². The largest absolute Gasteiger partial charge is 0.484 e. The molecule has 25 heavy (non-hydrogen) atoms. The summed E-state index contributed by atoms with van der Waals surface area (Å²) in [6.45, 7) is 1.15. The van der Waals surface area contributed by atoms with Crippen molar-refractivity contribution in [3.05, 3.63) is 42.5 Å². The fraction of sp³-hybridized carbons (Fsp3) is 0.389. The lowest BCUT2D eigenvalue weighted by molar-refractivity contribution is -0.132. The number of likely N-dealkylation sites (N-methyl/N-ethyl adjacent to an activating group) is 1. The number of hydrogen-bond acceptors (Lipinski definition) is 4. The number of rotatable bonds is 6. The maximum Gasteiger partial charge on any atom is 0.260 e. The average molecular weight is 342 g/mol. The SMILES string of the molecule is CN(Cc1nccn1C)C(=O)COc1ccc(N2CCCC2=O)cc1. The first kappa shape index (κ1) is 17.0. The van der Waals surface area contributed by atoms with Gasteiger partial charge in [-0.05, 0) is 30.7 Å². The van der Waals surface area contributed by atoms with E-state index in [9.17, 15) is 9.59 Å². The summed E-state index contributed by atoms with van der Waals surface area (Å²) in [5, 5.41) is 0. The third-order valence-electron chi connectivity index (χ3n) is 4.31. The number of benzene rings is 1. The highest BCUT2D eigenvalue weighted by Gasteiger charge is 2.21. The first-order valence-electron chi connectivity index (χ1n) is 8.28. The van der Waals surface area contributed by atoms with E-state index in [4.69, 9.17) is 4.74 Å². The molecule has 0 bridgehead atoms. The van der Waals surface area contributed by atoms with Crippen molar-refractivity contribution >= 4 is 17.5 Å². The second-order valence-corrected chi connectivity index (χ2v) is 6.14. The van der Waals surface area contributed by atoms with Gasteiger partial charge in [-0.15, -0.1) is 0 Å². The number of hydrogen-bond donors (Lipinski definition) is 0. The van der Waals surface area contributed by atoms with E-state index >= 15 is 0 Å². The number of carbonyl (C=O) groups excluding carboxylic acids is 2. The Morgan fingerprint density at radius 3 is 2.68 bits per heavy atom. The van der Waals surface area contributed by atoms with Gasteiger partial charge in [0, 0.05) is 45.1 Å². The van der Waals surface area contributed by atoms with Crippen molar-refractivity contribution < 1.29 is 14.3 Å².